The monoisotopic (exact) mass is 800 g/mol. The smallest absolute Gasteiger partial charge is 0.0569 e. The first-order valence-electron chi connectivity index (χ1n) is 21.8. The SMILES string of the molecule is Cc1cccc(N(c2c(C)cccc2-c2ccccc2)c2cc(N(c3cccc(C)c3)c3c(C)cccc3-c3ccccc3)c3ccc4cc(C(C)(C)C)cc5ccc2c3c54)c1. The molecule has 10 aromatic rings. The standard InChI is InChI=1S/C60H52N2/c1-39-18-14-26-48(34-39)61(58-41(3)20-16-28-50(58)43-22-10-8-11-23-43)54-38-55(53-33-31-46-37-47(60(5,6)7)36-45-30-32-52(54)57(53)56(45)46)62(49-27-15-19-40(2)35-49)59-42(4)21-17-29-51(59)44-24-12-9-13-25-44/h8-38H,1-7H3. The third-order valence-electron chi connectivity index (χ3n) is 12.6. The molecule has 62 heavy (non-hydrogen) atoms. The van der Waals surface area contributed by atoms with Crippen molar-refractivity contribution in [2.24, 2.45) is 0 Å². The van der Waals surface area contributed by atoms with Gasteiger partial charge in [-0.05, 0) is 119 Å². The zero-order chi connectivity index (χ0) is 42.7. The molecule has 0 fully saturated rings. The van der Waals surface area contributed by atoms with Crippen molar-refractivity contribution in [2.75, 3.05) is 9.80 Å². The maximum atomic E-state index is 2.55. The van der Waals surface area contributed by atoms with E-state index in [1.54, 1.807) is 0 Å². The van der Waals surface area contributed by atoms with Crippen LogP contribution in [0.2, 0.25) is 0 Å². The topological polar surface area (TPSA) is 6.48 Å². The first-order valence-corrected chi connectivity index (χ1v) is 21.8. The summed E-state index contributed by atoms with van der Waals surface area (Å²) in [6.45, 7) is 15.9. The first kappa shape index (κ1) is 39.0. The maximum absolute atomic E-state index is 2.55. The van der Waals surface area contributed by atoms with E-state index in [1.807, 2.05) is 0 Å². The predicted molar refractivity (Wildman–Crippen MR) is 268 cm³/mol. The van der Waals surface area contributed by atoms with Crippen LogP contribution in [-0.2, 0) is 5.41 Å². The summed E-state index contributed by atoms with van der Waals surface area (Å²) in [6.07, 6.45) is 0. The molecule has 0 aliphatic carbocycles. The van der Waals surface area contributed by atoms with E-state index in [2.05, 4.69) is 246 Å². The average molecular weight is 801 g/mol. The van der Waals surface area contributed by atoms with Crippen LogP contribution in [-0.4, -0.2) is 0 Å². The number of aryl methyl sites for hydroxylation is 4. The molecule has 0 saturated heterocycles. The van der Waals surface area contributed by atoms with Crippen molar-refractivity contribution in [2.45, 2.75) is 53.9 Å². The summed E-state index contributed by atoms with van der Waals surface area (Å²) < 4.78 is 0. The summed E-state index contributed by atoms with van der Waals surface area (Å²) >= 11 is 0. The van der Waals surface area contributed by atoms with Crippen LogP contribution in [0.5, 0.6) is 0 Å². The Kier molecular flexibility index (Phi) is 9.68. The third kappa shape index (κ3) is 6.77. The lowest BCUT2D eigenvalue weighted by atomic mass is 9.83. The Bertz CT molecular complexity index is 3060. The van der Waals surface area contributed by atoms with Gasteiger partial charge in [-0.1, -0.05) is 178 Å². The summed E-state index contributed by atoms with van der Waals surface area (Å²) in [6, 6.07) is 70.0. The van der Waals surface area contributed by atoms with E-state index in [4.69, 9.17) is 0 Å². The minimum Gasteiger partial charge on any atom is -0.309 e. The molecule has 0 spiro atoms. The summed E-state index contributed by atoms with van der Waals surface area (Å²) in [4.78, 5) is 5.09. The lowest BCUT2D eigenvalue weighted by Gasteiger charge is -2.35. The van der Waals surface area contributed by atoms with Gasteiger partial charge in [0.05, 0.1) is 22.7 Å². The maximum Gasteiger partial charge on any atom is 0.0569 e. The van der Waals surface area contributed by atoms with Crippen molar-refractivity contribution < 1.29 is 0 Å². The van der Waals surface area contributed by atoms with Gasteiger partial charge in [-0.15, -0.1) is 0 Å². The van der Waals surface area contributed by atoms with E-state index in [0.29, 0.717) is 0 Å². The first-order chi connectivity index (χ1) is 30.0. The second kappa shape index (κ2) is 15.4. The quantitative estimate of drug-likeness (QED) is 0.141. The molecule has 0 heterocycles. The molecule has 0 aliphatic rings. The highest BCUT2D eigenvalue weighted by molar-refractivity contribution is 6.29. The Morgan fingerprint density at radius 1 is 0.371 bits per heavy atom. The van der Waals surface area contributed by atoms with E-state index >= 15 is 0 Å². The molecule has 0 aromatic heterocycles. The van der Waals surface area contributed by atoms with Crippen LogP contribution in [0.15, 0.2) is 188 Å². The van der Waals surface area contributed by atoms with E-state index in [9.17, 15) is 0 Å². The number of para-hydroxylation sites is 2. The summed E-state index contributed by atoms with van der Waals surface area (Å²) in [5, 5.41) is 7.52. The molecule has 0 N–H and O–H groups in total. The fourth-order valence-corrected chi connectivity index (χ4v) is 9.61. The fourth-order valence-electron chi connectivity index (χ4n) is 9.61. The minimum atomic E-state index is 0.00204. The lowest BCUT2D eigenvalue weighted by molar-refractivity contribution is 0.591. The largest absolute Gasteiger partial charge is 0.309 e. The van der Waals surface area contributed by atoms with Crippen molar-refractivity contribution in [1.29, 1.82) is 0 Å². The number of nitrogens with zero attached hydrogens (tertiary/aromatic N) is 2. The Balaban J connectivity index is 1.40. The van der Waals surface area contributed by atoms with Crippen LogP contribution in [0.3, 0.4) is 0 Å². The van der Waals surface area contributed by atoms with Gasteiger partial charge in [0.1, 0.15) is 0 Å². The molecule has 10 aromatic carbocycles. The Labute approximate surface area is 366 Å². The predicted octanol–water partition coefficient (Wildman–Crippen LogP) is 17.4. The number of hydrogen-bond donors (Lipinski definition) is 0. The number of hydrogen-bond acceptors (Lipinski definition) is 2. The molecule has 0 radical (unpaired) electrons. The third-order valence-corrected chi connectivity index (χ3v) is 12.6. The van der Waals surface area contributed by atoms with Gasteiger partial charge >= 0.3 is 0 Å². The second-order valence-electron chi connectivity index (χ2n) is 18.1. The summed E-state index contributed by atoms with van der Waals surface area (Å²) in [5.41, 5.74) is 17.8. The van der Waals surface area contributed by atoms with Crippen molar-refractivity contribution in [1.82, 2.24) is 0 Å². The highest BCUT2D eigenvalue weighted by Crippen LogP contribution is 2.53. The molecule has 0 bridgehead atoms. The summed E-state index contributed by atoms with van der Waals surface area (Å²) in [5.74, 6) is 0. The molecular formula is C60H52N2. The Morgan fingerprint density at radius 2 is 0.806 bits per heavy atom. The van der Waals surface area contributed by atoms with Gasteiger partial charge in [-0.2, -0.15) is 0 Å². The zero-order valence-corrected chi connectivity index (χ0v) is 36.8. The van der Waals surface area contributed by atoms with Crippen molar-refractivity contribution in [3.63, 3.8) is 0 Å². The van der Waals surface area contributed by atoms with Gasteiger partial charge in [0.2, 0.25) is 0 Å². The van der Waals surface area contributed by atoms with Crippen LogP contribution >= 0.6 is 0 Å². The van der Waals surface area contributed by atoms with Crippen molar-refractivity contribution in [3.05, 3.63) is 216 Å². The van der Waals surface area contributed by atoms with Gasteiger partial charge < -0.3 is 9.80 Å². The van der Waals surface area contributed by atoms with Gasteiger partial charge in [-0.3, -0.25) is 0 Å². The fraction of sp³-hybridized carbons (Fsp3) is 0.133. The van der Waals surface area contributed by atoms with Gasteiger partial charge in [0, 0.05) is 38.7 Å². The zero-order valence-electron chi connectivity index (χ0n) is 36.8. The molecule has 2 nitrogen and oxygen atoms in total. The summed E-state index contributed by atoms with van der Waals surface area (Å²) in [7, 11) is 0. The molecule has 302 valence electrons. The molecular weight excluding hydrogens is 749 g/mol. The highest BCUT2D eigenvalue weighted by Gasteiger charge is 2.29. The van der Waals surface area contributed by atoms with Crippen LogP contribution < -0.4 is 9.80 Å². The highest BCUT2D eigenvalue weighted by atomic mass is 15.2. The number of anilines is 6. The van der Waals surface area contributed by atoms with Crippen LogP contribution in [0.4, 0.5) is 34.1 Å². The van der Waals surface area contributed by atoms with Gasteiger partial charge in [0.15, 0.2) is 0 Å². The molecule has 0 saturated carbocycles. The van der Waals surface area contributed by atoms with Crippen molar-refractivity contribution >= 4 is 66.4 Å². The average Bonchev–Trinajstić information content (AvgIpc) is 3.27. The molecule has 2 heteroatoms. The van der Waals surface area contributed by atoms with Crippen LogP contribution in [0.25, 0.3) is 54.6 Å². The van der Waals surface area contributed by atoms with Gasteiger partial charge in [-0.25, -0.2) is 0 Å². The molecule has 10 rings (SSSR count). The second-order valence-corrected chi connectivity index (χ2v) is 18.1. The molecule has 0 atom stereocenters. The van der Waals surface area contributed by atoms with Crippen LogP contribution in [0.1, 0.15) is 48.6 Å². The van der Waals surface area contributed by atoms with Crippen LogP contribution in [0, 0.1) is 27.7 Å². The molecule has 0 aliphatic heterocycles. The molecule has 0 unspecified atom stereocenters. The normalized spacial score (nSPS) is 11.8. The number of rotatable bonds is 8. The van der Waals surface area contributed by atoms with E-state index < -0.39 is 0 Å². The minimum absolute atomic E-state index is 0.00204. The number of benzene rings is 10. The van der Waals surface area contributed by atoms with Crippen molar-refractivity contribution in [3.8, 4) is 22.3 Å². The lowest BCUT2D eigenvalue weighted by Crippen LogP contribution is -2.17. The van der Waals surface area contributed by atoms with Gasteiger partial charge in [0.25, 0.3) is 0 Å². The Morgan fingerprint density at radius 3 is 1.23 bits per heavy atom. The van der Waals surface area contributed by atoms with E-state index in [0.717, 1.165) is 22.7 Å². The molecule has 0 amide bonds. The Hall–Kier alpha value is -7.16. The van der Waals surface area contributed by atoms with E-state index in [1.165, 1.54) is 93.8 Å². The van der Waals surface area contributed by atoms with E-state index in [-0.39, 0.29) is 5.41 Å².